The van der Waals surface area contributed by atoms with Crippen molar-refractivity contribution in [1.29, 1.82) is 0 Å². The van der Waals surface area contributed by atoms with Gasteiger partial charge >= 0.3 is 0 Å². The number of pyridine rings is 1. The number of carbonyl (C=O) groups is 1. The van der Waals surface area contributed by atoms with Crippen LogP contribution in [0.15, 0.2) is 42.6 Å². The van der Waals surface area contributed by atoms with Crippen LogP contribution in [0.25, 0.3) is 5.82 Å². The van der Waals surface area contributed by atoms with E-state index in [0.29, 0.717) is 18.7 Å². The average Bonchev–Trinajstić information content (AvgIpc) is 3.06. The summed E-state index contributed by atoms with van der Waals surface area (Å²) in [5, 5.41) is 4.54. The molecular formula is C23H27N5O2. The molecule has 0 bridgehead atoms. The van der Waals surface area contributed by atoms with Crippen LogP contribution in [0.5, 0.6) is 5.75 Å². The predicted octanol–water partition coefficient (Wildman–Crippen LogP) is 3.16. The Balaban J connectivity index is 1.41. The summed E-state index contributed by atoms with van der Waals surface area (Å²) in [6.07, 6.45) is 1.65. The molecule has 7 heteroatoms. The van der Waals surface area contributed by atoms with Crippen molar-refractivity contribution in [2.24, 2.45) is 0 Å². The van der Waals surface area contributed by atoms with Crippen molar-refractivity contribution in [3.05, 3.63) is 65.1 Å². The fourth-order valence-electron chi connectivity index (χ4n) is 3.72. The van der Waals surface area contributed by atoms with Crippen molar-refractivity contribution in [2.45, 2.75) is 20.8 Å². The van der Waals surface area contributed by atoms with E-state index in [1.54, 1.807) is 13.3 Å². The van der Waals surface area contributed by atoms with E-state index < -0.39 is 0 Å². The van der Waals surface area contributed by atoms with Crippen LogP contribution >= 0.6 is 0 Å². The molecule has 3 heterocycles. The molecule has 1 aliphatic rings. The summed E-state index contributed by atoms with van der Waals surface area (Å²) in [5.74, 6) is 1.59. The lowest BCUT2D eigenvalue weighted by Crippen LogP contribution is -2.48. The van der Waals surface area contributed by atoms with Gasteiger partial charge in [-0.15, -0.1) is 0 Å². The van der Waals surface area contributed by atoms with Crippen LogP contribution in [0, 0.1) is 20.8 Å². The van der Waals surface area contributed by atoms with Gasteiger partial charge in [0.2, 0.25) is 0 Å². The van der Waals surface area contributed by atoms with Gasteiger partial charge in [-0.3, -0.25) is 4.79 Å². The topological polar surface area (TPSA) is 63.5 Å². The van der Waals surface area contributed by atoms with Gasteiger partial charge in [-0.1, -0.05) is 0 Å². The zero-order chi connectivity index (χ0) is 21.3. The van der Waals surface area contributed by atoms with E-state index in [1.807, 2.05) is 47.7 Å². The molecule has 1 amide bonds. The molecule has 1 aromatic carbocycles. The number of anilines is 1. The van der Waals surface area contributed by atoms with Gasteiger partial charge in [0.1, 0.15) is 5.75 Å². The zero-order valence-corrected chi connectivity index (χ0v) is 17.9. The van der Waals surface area contributed by atoms with Crippen molar-refractivity contribution in [1.82, 2.24) is 19.7 Å². The highest BCUT2D eigenvalue weighted by Gasteiger charge is 2.23. The maximum absolute atomic E-state index is 12.9. The highest BCUT2D eigenvalue weighted by atomic mass is 16.5. The molecular weight excluding hydrogens is 378 g/mol. The summed E-state index contributed by atoms with van der Waals surface area (Å²) < 4.78 is 7.05. The summed E-state index contributed by atoms with van der Waals surface area (Å²) in [7, 11) is 1.67. The van der Waals surface area contributed by atoms with Crippen LogP contribution in [0.3, 0.4) is 0 Å². The third-order valence-corrected chi connectivity index (χ3v) is 5.87. The average molecular weight is 406 g/mol. The van der Waals surface area contributed by atoms with Crippen LogP contribution < -0.4 is 9.64 Å². The number of hydrogen-bond donors (Lipinski definition) is 0. The number of carbonyl (C=O) groups excluding carboxylic acids is 1. The van der Waals surface area contributed by atoms with Crippen LogP contribution in [-0.4, -0.2) is 58.9 Å². The van der Waals surface area contributed by atoms with Gasteiger partial charge in [0.05, 0.1) is 18.4 Å². The van der Waals surface area contributed by atoms with Crippen molar-refractivity contribution in [3.63, 3.8) is 0 Å². The number of methoxy groups -OCH3 is 1. The van der Waals surface area contributed by atoms with Gasteiger partial charge in [-0.2, -0.15) is 5.10 Å². The first-order valence-corrected chi connectivity index (χ1v) is 10.2. The number of aryl methyl sites for hydroxylation is 1. The zero-order valence-electron chi connectivity index (χ0n) is 17.9. The summed E-state index contributed by atoms with van der Waals surface area (Å²) in [5.41, 5.74) is 4.97. The maximum atomic E-state index is 12.9. The largest absolute Gasteiger partial charge is 0.497 e. The molecule has 0 saturated carbocycles. The molecule has 1 aliphatic heterocycles. The first-order chi connectivity index (χ1) is 14.5. The van der Waals surface area contributed by atoms with Gasteiger partial charge in [0.15, 0.2) is 5.82 Å². The Hall–Kier alpha value is -3.35. The summed E-state index contributed by atoms with van der Waals surface area (Å²) in [4.78, 5) is 21.6. The molecule has 4 rings (SSSR count). The van der Waals surface area contributed by atoms with Gasteiger partial charge < -0.3 is 14.5 Å². The fourth-order valence-corrected chi connectivity index (χ4v) is 3.72. The molecule has 2 aromatic heterocycles. The Morgan fingerprint density at radius 2 is 1.67 bits per heavy atom. The molecule has 0 unspecified atom stereocenters. The Bertz CT molecular complexity index is 1030. The van der Waals surface area contributed by atoms with E-state index in [4.69, 9.17) is 4.74 Å². The van der Waals surface area contributed by atoms with Crippen molar-refractivity contribution >= 4 is 11.6 Å². The van der Waals surface area contributed by atoms with E-state index in [9.17, 15) is 4.79 Å². The Morgan fingerprint density at radius 3 is 2.20 bits per heavy atom. The quantitative estimate of drug-likeness (QED) is 0.667. The summed E-state index contributed by atoms with van der Waals surface area (Å²) in [6.45, 7) is 9.04. The smallest absolute Gasteiger partial charge is 0.255 e. The van der Waals surface area contributed by atoms with Crippen molar-refractivity contribution in [3.8, 4) is 11.6 Å². The van der Waals surface area contributed by atoms with Crippen LogP contribution in [0.1, 0.15) is 27.3 Å². The molecule has 0 N–H and O–H groups in total. The number of benzene rings is 1. The van der Waals surface area contributed by atoms with Gasteiger partial charge in [0.25, 0.3) is 5.91 Å². The van der Waals surface area contributed by atoms with Crippen molar-refractivity contribution < 1.29 is 9.53 Å². The van der Waals surface area contributed by atoms with Crippen LogP contribution in [-0.2, 0) is 0 Å². The second-order valence-electron chi connectivity index (χ2n) is 7.59. The Morgan fingerprint density at radius 1 is 0.967 bits per heavy atom. The molecule has 0 radical (unpaired) electrons. The Kier molecular flexibility index (Phi) is 5.44. The normalized spacial score (nSPS) is 14.1. The fraction of sp³-hybridized carbons (Fsp3) is 0.348. The first-order valence-electron chi connectivity index (χ1n) is 10.2. The highest BCUT2D eigenvalue weighted by molar-refractivity contribution is 5.94. The Labute approximate surface area is 176 Å². The van der Waals surface area contributed by atoms with E-state index in [0.717, 1.165) is 47.3 Å². The van der Waals surface area contributed by atoms with Gasteiger partial charge in [-0.05, 0) is 62.7 Å². The van der Waals surface area contributed by atoms with Crippen molar-refractivity contribution in [2.75, 3.05) is 38.2 Å². The van der Waals surface area contributed by atoms with E-state index in [1.165, 1.54) is 0 Å². The minimum absolute atomic E-state index is 0.0213. The molecule has 30 heavy (non-hydrogen) atoms. The number of amides is 1. The molecule has 0 aliphatic carbocycles. The number of rotatable bonds is 4. The van der Waals surface area contributed by atoms with E-state index in [-0.39, 0.29) is 5.91 Å². The summed E-state index contributed by atoms with van der Waals surface area (Å²) in [6, 6.07) is 11.7. The lowest BCUT2D eigenvalue weighted by molar-refractivity contribution is 0.0746. The number of ether oxygens (including phenoxy) is 1. The third-order valence-electron chi connectivity index (χ3n) is 5.87. The van der Waals surface area contributed by atoms with Crippen LogP contribution in [0.4, 0.5) is 5.69 Å². The highest BCUT2D eigenvalue weighted by Crippen LogP contribution is 2.21. The second kappa shape index (κ2) is 8.18. The lowest BCUT2D eigenvalue weighted by atomic mass is 10.2. The molecule has 0 spiro atoms. The SMILES string of the molecule is COc1ccc(N2CCN(C(=O)c3ccc(-n4nc(C)c(C)c4C)nc3)CC2)cc1. The number of piperazine rings is 1. The first kappa shape index (κ1) is 19.9. The second-order valence-corrected chi connectivity index (χ2v) is 7.59. The standard InChI is InChI=1S/C23H27N5O2/c1-16-17(2)25-28(18(16)3)22-10-5-19(15-24-22)23(29)27-13-11-26(12-14-27)20-6-8-21(30-4)9-7-20/h5-10,15H,11-14H2,1-4H3. The maximum Gasteiger partial charge on any atom is 0.255 e. The molecule has 7 nitrogen and oxygen atoms in total. The minimum atomic E-state index is 0.0213. The molecule has 0 atom stereocenters. The van der Waals surface area contributed by atoms with Gasteiger partial charge in [0, 0.05) is 43.8 Å². The number of aromatic nitrogens is 3. The molecule has 1 saturated heterocycles. The van der Waals surface area contributed by atoms with Gasteiger partial charge in [-0.25, -0.2) is 9.67 Å². The lowest BCUT2D eigenvalue weighted by Gasteiger charge is -2.36. The van der Waals surface area contributed by atoms with Crippen LogP contribution in [0.2, 0.25) is 0 Å². The summed E-state index contributed by atoms with van der Waals surface area (Å²) >= 11 is 0. The van der Waals surface area contributed by atoms with E-state index >= 15 is 0 Å². The monoisotopic (exact) mass is 405 g/mol. The van der Waals surface area contributed by atoms with E-state index in [2.05, 4.69) is 34.0 Å². The third kappa shape index (κ3) is 3.75. The number of hydrogen-bond acceptors (Lipinski definition) is 5. The minimum Gasteiger partial charge on any atom is -0.497 e. The predicted molar refractivity (Wildman–Crippen MR) is 117 cm³/mol. The molecule has 156 valence electrons. The molecule has 1 fully saturated rings. The number of nitrogens with zero attached hydrogens (tertiary/aromatic N) is 5. The molecule has 3 aromatic rings.